The van der Waals surface area contributed by atoms with Crippen LogP contribution in [0.2, 0.25) is 0 Å². The quantitative estimate of drug-likeness (QED) is 0.363. The second-order valence-electron chi connectivity index (χ2n) is 3.89. The zero-order chi connectivity index (χ0) is 15.2. The van der Waals surface area contributed by atoms with E-state index in [1.807, 2.05) is 5.32 Å². The molecule has 0 aromatic carbocycles. The summed E-state index contributed by atoms with van der Waals surface area (Å²) in [6.07, 6.45) is -1.05. The number of carboxylic acids is 3. The average Bonchev–Trinajstić information content (AvgIpc) is 2.24. The van der Waals surface area contributed by atoms with Crippen LogP contribution in [0.5, 0.6) is 0 Å². The van der Waals surface area contributed by atoms with E-state index in [0.29, 0.717) is 6.42 Å². The van der Waals surface area contributed by atoms with Gasteiger partial charge in [-0.15, -0.1) is 0 Å². The van der Waals surface area contributed by atoms with E-state index >= 15 is 0 Å². The van der Waals surface area contributed by atoms with Crippen molar-refractivity contribution in [1.29, 1.82) is 0 Å². The molecule has 0 aliphatic rings. The predicted molar refractivity (Wildman–Crippen MR) is 59.3 cm³/mol. The molecule has 0 bridgehead atoms. The maximum absolute atomic E-state index is 11.3. The first-order chi connectivity index (χ1) is 8.65. The Balaban J connectivity index is 5.30. The van der Waals surface area contributed by atoms with E-state index in [0.717, 1.165) is 0 Å². The highest BCUT2D eigenvalue weighted by Gasteiger charge is 2.51. The summed E-state index contributed by atoms with van der Waals surface area (Å²) in [5.74, 6) is -6.38. The molecule has 0 spiro atoms. The van der Waals surface area contributed by atoms with Crippen molar-refractivity contribution in [1.82, 2.24) is 5.32 Å². The third-order valence-electron chi connectivity index (χ3n) is 2.30. The van der Waals surface area contributed by atoms with Gasteiger partial charge in [-0.05, 0) is 6.42 Å². The summed E-state index contributed by atoms with van der Waals surface area (Å²) in [7, 11) is 0. The van der Waals surface area contributed by atoms with E-state index in [1.165, 1.54) is 0 Å². The van der Waals surface area contributed by atoms with Gasteiger partial charge < -0.3 is 25.7 Å². The SMILES string of the molecule is CCCC(=O)NC(C(=O)O)C(O)(CC(=O)O)C(=O)O. The second-order valence-corrected chi connectivity index (χ2v) is 3.89. The molecule has 0 aromatic rings. The van der Waals surface area contributed by atoms with Gasteiger partial charge in [0.05, 0.1) is 6.42 Å². The lowest BCUT2D eigenvalue weighted by atomic mass is 9.90. The monoisotopic (exact) mass is 277 g/mol. The topological polar surface area (TPSA) is 161 Å². The first-order valence-corrected chi connectivity index (χ1v) is 5.34. The van der Waals surface area contributed by atoms with Gasteiger partial charge in [0, 0.05) is 6.42 Å². The van der Waals surface area contributed by atoms with Crippen LogP contribution in [0.15, 0.2) is 0 Å². The molecule has 2 atom stereocenters. The molecule has 0 aliphatic heterocycles. The minimum absolute atomic E-state index is 0.0768. The molecule has 0 aliphatic carbocycles. The van der Waals surface area contributed by atoms with E-state index < -0.39 is 41.9 Å². The zero-order valence-corrected chi connectivity index (χ0v) is 10.1. The number of nitrogens with one attached hydrogen (secondary N) is 1. The summed E-state index contributed by atoms with van der Waals surface area (Å²) in [5.41, 5.74) is -3.12. The van der Waals surface area contributed by atoms with Crippen molar-refractivity contribution in [3.05, 3.63) is 0 Å². The Morgan fingerprint density at radius 3 is 2.00 bits per heavy atom. The molecule has 9 nitrogen and oxygen atoms in total. The average molecular weight is 277 g/mol. The van der Waals surface area contributed by atoms with Crippen LogP contribution in [-0.2, 0) is 19.2 Å². The van der Waals surface area contributed by atoms with Gasteiger partial charge in [0.15, 0.2) is 6.04 Å². The maximum atomic E-state index is 11.3. The lowest BCUT2D eigenvalue weighted by molar-refractivity contribution is -0.175. The van der Waals surface area contributed by atoms with E-state index in [1.54, 1.807) is 6.92 Å². The first-order valence-electron chi connectivity index (χ1n) is 5.34. The van der Waals surface area contributed by atoms with Gasteiger partial charge in [-0.3, -0.25) is 9.59 Å². The number of amides is 1. The van der Waals surface area contributed by atoms with Crippen LogP contribution in [0.1, 0.15) is 26.2 Å². The van der Waals surface area contributed by atoms with Gasteiger partial charge in [-0.1, -0.05) is 6.92 Å². The molecule has 0 rings (SSSR count). The van der Waals surface area contributed by atoms with E-state index in [2.05, 4.69) is 0 Å². The Hall–Kier alpha value is -2.16. The minimum Gasteiger partial charge on any atom is -0.481 e. The summed E-state index contributed by atoms with van der Waals surface area (Å²) in [4.78, 5) is 43.7. The lowest BCUT2D eigenvalue weighted by Gasteiger charge is -2.28. The Morgan fingerprint density at radius 1 is 1.16 bits per heavy atom. The van der Waals surface area contributed by atoms with Gasteiger partial charge in [-0.2, -0.15) is 0 Å². The first kappa shape index (κ1) is 16.8. The fraction of sp³-hybridized carbons (Fsp3) is 0.600. The fourth-order valence-electron chi connectivity index (χ4n) is 1.38. The van der Waals surface area contributed by atoms with Crippen molar-refractivity contribution in [3.8, 4) is 0 Å². The molecule has 0 radical (unpaired) electrons. The largest absolute Gasteiger partial charge is 0.481 e. The molecule has 2 unspecified atom stereocenters. The number of carbonyl (C=O) groups is 4. The standard InChI is InChI=1S/C10H15NO8/c1-2-3-5(12)11-7(8(15)16)10(19,9(17)18)4-6(13)14/h7,19H,2-4H2,1H3,(H,11,12)(H,13,14)(H,15,16)(H,17,18). The Labute approximate surface area is 107 Å². The van der Waals surface area contributed by atoms with Crippen molar-refractivity contribution in [3.63, 3.8) is 0 Å². The highest BCUT2D eigenvalue weighted by molar-refractivity contribution is 5.94. The second kappa shape index (κ2) is 6.69. The molecule has 0 saturated carbocycles. The molecule has 0 aromatic heterocycles. The molecule has 0 heterocycles. The summed E-state index contributed by atoms with van der Waals surface area (Å²) >= 11 is 0. The molecule has 0 saturated heterocycles. The zero-order valence-electron chi connectivity index (χ0n) is 10.1. The third kappa shape index (κ3) is 4.54. The molecule has 19 heavy (non-hydrogen) atoms. The van der Waals surface area contributed by atoms with Crippen LogP contribution in [0.25, 0.3) is 0 Å². The van der Waals surface area contributed by atoms with Crippen LogP contribution in [0.4, 0.5) is 0 Å². The number of hydrogen-bond acceptors (Lipinski definition) is 5. The smallest absolute Gasteiger partial charge is 0.339 e. The van der Waals surface area contributed by atoms with Crippen LogP contribution in [0.3, 0.4) is 0 Å². The van der Waals surface area contributed by atoms with Crippen LogP contribution in [-0.4, -0.2) is 55.9 Å². The van der Waals surface area contributed by atoms with Gasteiger partial charge in [0.25, 0.3) is 0 Å². The number of carboxylic acid groups (broad SMARTS) is 3. The third-order valence-corrected chi connectivity index (χ3v) is 2.30. The molecule has 5 N–H and O–H groups in total. The molecule has 9 heteroatoms. The van der Waals surface area contributed by atoms with E-state index in [9.17, 15) is 24.3 Å². The number of hydrogen-bond donors (Lipinski definition) is 5. The summed E-state index contributed by atoms with van der Waals surface area (Å²) in [5, 5.41) is 37.8. The Morgan fingerprint density at radius 2 is 1.68 bits per heavy atom. The van der Waals surface area contributed by atoms with Crippen LogP contribution in [0, 0.1) is 0 Å². The Kier molecular flexibility index (Phi) is 5.93. The van der Waals surface area contributed by atoms with Gasteiger partial charge in [0.1, 0.15) is 0 Å². The Bertz CT molecular complexity index is 393. The van der Waals surface area contributed by atoms with E-state index in [4.69, 9.17) is 15.3 Å². The highest BCUT2D eigenvalue weighted by atomic mass is 16.4. The normalized spacial score (nSPS) is 15.1. The van der Waals surface area contributed by atoms with Gasteiger partial charge >= 0.3 is 17.9 Å². The number of rotatable bonds is 8. The maximum Gasteiger partial charge on any atom is 0.339 e. The fourth-order valence-corrected chi connectivity index (χ4v) is 1.38. The van der Waals surface area contributed by atoms with Crippen molar-refractivity contribution >= 4 is 23.8 Å². The van der Waals surface area contributed by atoms with Crippen LogP contribution < -0.4 is 5.32 Å². The number of aliphatic carboxylic acids is 3. The predicted octanol–water partition coefficient (Wildman–Crippen LogP) is -1.35. The van der Waals surface area contributed by atoms with Gasteiger partial charge in [0.2, 0.25) is 11.5 Å². The van der Waals surface area contributed by atoms with Crippen molar-refractivity contribution < 1.29 is 39.6 Å². The molecular weight excluding hydrogens is 262 g/mol. The summed E-state index contributed by atoms with van der Waals surface area (Å²) < 4.78 is 0. The summed E-state index contributed by atoms with van der Waals surface area (Å²) in [6, 6.07) is -2.25. The molecule has 108 valence electrons. The van der Waals surface area contributed by atoms with Crippen molar-refractivity contribution in [2.45, 2.75) is 37.8 Å². The van der Waals surface area contributed by atoms with Crippen LogP contribution >= 0.6 is 0 Å². The highest BCUT2D eigenvalue weighted by Crippen LogP contribution is 2.17. The molecule has 0 fully saturated rings. The van der Waals surface area contributed by atoms with E-state index in [-0.39, 0.29) is 6.42 Å². The minimum atomic E-state index is -3.12. The van der Waals surface area contributed by atoms with Crippen molar-refractivity contribution in [2.75, 3.05) is 0 Å². The lowest BCUT2D eigenvalue weighted by Crippen LogP contribution is -2.62. The van der Waals surface area contributed by atoms with Gasteiger partial charge in [-0.25, -0.2) is 9.59 Å². The number of carbonyl (C=O) groups excluding carboxylic acids is 1. The summed E-state index contributed by atoms with van der Waals surface area (Å²) in [6.45, 7) is 1.63. The molecular formula is C10H15NO8. The number of aliphatic hydroxyl groups is 1. The molecule has 1 amide bonds. The van der Waals surface area contributed by atoms with Crippen molar-refractivity contribution in [2.24, 2.45) is 0 Å².